The van der Waals surface area contributed by atoms with Crippen molar-refractivity contribution in [1.29, 1.82) is 0 Å². The van der Waals surface area contributed by atoms with Crippen LogP contribution in [0.25, 0.3) is 0 Å². The van der Waals surface area contributed by atoms with Crippen LogP contribution in [-0.2, 0) is 16.1 Å². The van der Waals surface area contributed by atoms with E-state index >= 15 is 0 Å². The Morgan fingerprint density at radius 3 is 1.97 bits per heavy atom. The lowest BCUT2D eigenvalue weighted by Gasteiger charge is -2.60. The number of hydrogen-bond donors (Lipinski definition) is 1. The summed E-state index contributed by atoms with van der Waals surface area (Å²) in [7, 11) is 0. The first kappa shape index (κ1) is 23.7. The minimum Gasteiger partial charge on any atom is -0.352 e. The maximum absolute atomic E-state index is 14.0. The zero-order valence-corrected chi connectivity index (χ0v) is 21.5. The standard InChI is InChI=1S/C28H39ClN4O2/c29-24-3-1-20(2-4-24)17-33(28-14-21-11-22(15-28)13-23(12-21)16-28)27(35)19-32-9-7-31(8-10-32)18-26(34)30-25-5-6-25/h1-4,21-23,25H,5-19H2,(H,30,34). The molecular formula is C28H39ClN4O2. The number of carbonyl (C=O) groups excluding carboxylic acids is 2. The molecule has 0 spiro atoms. The van der Waals surface area contributed by atoms with Crippen LogP contribution in [0.15, 0.2) is 24.3 Å². The lowest BCUT2D eigenvalue weighted by Crippen LogP contribution is -2.62. The van der Waals surface area contributed by atoms with Crippen LogP contribution in [0.2, 0.25) is 5.02 Å². The highest BCUT2D eigenvalue weighted by Gasteiger charge is 2.54. The minimum atomic E-state index is 0.0359. The Morgan fingerprint density at radius 1 is 0.886 bits per heavy atom. The molecule has 1 saturated heterocycles. The zero-order chi connectivity index (χ0) is 24.0. The summed E-state index contributed by atoms with van der Waals surface area (Å²) in [5, 5.41) is 3.83. The summed E-state index contributed by atoms with van der Waals surface area (Å²) in [5.41, 5.74) is 1.21. The van der Waals surface area contributed by atoms with Crippen LogP contribution in [0.5, 0.6) is 0 Å². The number of nitrogens with one attached hydrogen (secondary N) is 1. The second-order valence-corrected chi connectivity index (χ2v) is 12.6. The average Bonchev–Trinajstić information content (AvgIpc) is 3.63. The molecule has 1 N–H and O–H groups in total. The number of benzene rings is 1. The molecular weight excluding hydrogens is 460 g/mol. The van der Waals surface area contributed by atoms with Crippen molar-refractivity contribution < 1.29 is 9.59 Å². The Labute approximate surface area is 214 Å². The van der Waals surface area contributed by atoms with Crippen molar-refractivity contribution in [2.45, 2.75) is 69.5 Å². The number of piperazine rings is 1. The fourth-order valence-electron chi connectivity index (χ4n) is 7.77. The summed E-state index contributed by atoms with van der Waals surface area (Å²) < 4.78 is 0. The van der Waals surface area contributed by atoms with Gasteiger partial charge in [0.2, 0.25) is 11.8 Å². The quantitative estimate of drug-likeness (QED) is 0.595. The van der Waals surface area contributed by atoms with Gasteiger partial charge in [-0.1, -0.05) is 23.7 Å². The minimum absolute atomic E-state index is 0.0359. The number of amides is 2. The van der Waals surface area contributed by atoms with Crippen molar-refractivity contribution in [2.24, 2.45) is 17.8 Å². The van der Waals surface area contributed by atoms with E-state index in [1.54, 1.807) is 0 Å². The molecule has 2 amide bonds. The largest absolute Gasteiger partial charge is 0.352 e. The molecule has 35 heavy (non-hydrogen) atoms. The highest BCUT2D eigenvalue weighted by Crippen LogP contribution is 2.58. The van der Waals surface area contributed by atoms with Gasteiger partial charge in [-0.25, -0.2) is 0 Å². The number of carbonyl (C=O) groups is 2. The third kappa shape index (κ3) is 5.40. The van der Waals surface area contributed by atoms with Crippen LogP contribution in [0.3, 0.4) is 0 Å². The summed E-state index contributed by atoms with van der Waals surface area (Å²) in [4.78, 5) is 33.0. The van der Waals surface area contributed by atoms with E-state index < -0.39 is 0 Å². The van der Waals surface area contributed by atoms with E-state index in [0.717, 1.165) is 61.8 Å². The Balaban J connectivity index is 1.11. The van der Waals surface area contributed by atoms with E-state index in [1.807, 2.05) is 12.1 Å². The summed E-state index contributed by atoms with van der Waals surface area (Å²) in [6.07, 6.45) is 9.91. The van der Waals surface area contributed by atoms with Gasteiger partial charge in [0.25, 0.3) is 0 Å². The maximum Gasteiger partial charge on any atom is 0.237 e. The zero-order valence-electron chi connectivity index (χ0n) is 20.8. The third-order valence-corrected chi connectivity index (χ3v) is 9.52. The summed E-state index contributed by atoms with van der Waals surface area (Å²) >= 11 is 6.15. The number of hydrogen-bond acceptors (Lipinski definition) is 4. The van der Waals surface area contributed by atoms with Gasteiger partial charge < -0.3 is 10.2 Å². The Kier molecular flexibility index (Phi) is 6.57. The van der Waals surface area contributed by atoms with Crippen LogP contribution in [-0.4, -0.2) is 77.4 Å². The third-order valence-electron chi connectivity index (χ3n) is 9.27. The van der Waals surface area contributed by atoms with Gasteiger partial charge in [0.05, 0.1) is 13.1 Å². The number of halogens is 1. The Morgan fingerprint density at radius 2 is 1.43 bits per heavy atom. The van der Waals surface area contributed by atoms with Crippen LogP contribution in [0, 0.1) is 17.8 Å². The Hall–Kier alpha value is -1.63. The van der Waals surface area contributed by atoms with Crippen LogP contribution >= 0.6 is 11.6 Å². The monoisotopic (exact) mass is 498 g/mol. The molecule has 6 fully saturated rings. The molecule has 1 aromatic rings. The molecule has 6 aliphatic rings. The van der Waals surface area contributed by atoms with Gasteiger partial charge in [0, 0.05) is 49.3 Å². The molecule has 0 radical (unpaired) electrons. The molecule has 190 valence electrons. The molecule has 1 aromatic carbocycles. The highest BCUT2D eigenvalue weighted by atomic mass is 35.5. The summed E-state index contributed by atoms with van der Waals surface area (Å²) in [6, 6.07) is 8.45. The highest BCUT2D eigenvalue weighted by molar-refractivity contribution is 6.30. The molecule has 1 aliphatic heterocycles. The van der Waals surface area contributed by atoms with Crippen molar-refractivity contribution in [3.63, 3.8) is 0 Å². The van der Waals surface area contributed by atoms with E-state index in [4.69, 9.17) is 11.6 Å². The van der Waals surface area contributed by atoms with Gasteiger partial charge in [0.1, 0.15) is 0 Å². The molecule has 0 atom stereocenters. The molecule has 0 aromatic heterocycles. The van der Waals surface area contributed by atoms with Crippen molar-refractivity contribution in [3.05, 3.63) is 34.9 Å². The van der Waals surface area contributed by atoms with Gasteiger partial charge in [0.15, 0.2) is 0 Å². The van der Waals surface area contributed by atoms with Gasteiger partial charge in [-0.15, -0.1) is 0 Å². The van der Waals surface area contributed by atoms with E-state index in [2.05, 4.69) is 32.1 Å². The smallest absolute Gasteiger partial charge is 0.237 e. The molecule has 6 nitrogen and oxygen atoms in total. The Bertz CT molecular complexity index is 903. The summed E-state index contributed by atoms with van der Waals surface area (Å²) in [5.74, 6) is 2.82. The van der Waals surface area contributed by atoms with Crippen LogP contribution < -0.4 is 5.32 Å². The first-order chi connectivity index (χ1) is 16.9. The van der Waals surface area contributed by atoms with Crippen molar-refractivity contribution in [1.82, 2.24) is 20.0 Å². The normalized spacial score (nSPS) is 32.5. The molecule has 4 bridgehead atoms. The van der Waals surface area contributed by atoms with Gasteiger partial charge >= 0.3 is 0 Å². The van der Waals surface area contributed by atoms with Gasteiger partial charge in [-0.3, -0.25) is 19.4 Å². The van der Waals surface area contributed by atoms with Crippen LogP contribution in [0.1, 0.15) is 56.9 Å². The fourth-order valence-corrected chi connectivity index (χ4v) is 7.90. The van der Waals surface area contributed by atoms with Crippen molar-refractivity contribution >= 4 is 23.4 Å². The van der Waals surface area contributed by atoms with Crippen molar-refractivity contribution in [3.8, 4) is 0 Å². The summed E-state index contributed by atoms with van der Waals surface area (Å²) in [6.45, 7) is 5.03. The molecule has 5 aliphatic carbocycles. The lowest BCUT2D eigenvalue weighted by molar-refractivity contribution is -0.154. The SMILES string of the molecule is O=C(CN1CCN(CC(=O)N(Cc2ccc(Cl)cc2)C23CC4CC(CC(C4)C2)C3)CC1)NC1CC1. The second kappa shape index (κ2) is 9.68. The van der Waals surface area contributed by atoms with E-state index in [1.165, 1.54) is 44.1 Å². The predicted octanol–water partition coefficient (Wildman–Crippen LogP) is 3.53. The van der Waals surface area contributed by atoms with E-state index in [-0.39, 0.29) is 17.4 Å². The van der Waals surface area contributed by atoms with E-state index in [9.17, 15) is 9.59 Å². The molecule has 5 saturated carbocycles. The first-order valence-corrected chi connectivity index (χ1v) is 14.1. The second-order valence-electron chi connectivity index (χ2n) is 12.1. The topological polar surface area (TPSA) is 55.9 Å². The number of rotatable bonds is 8. The van der Waals surface area contributed by atoms with E-state index in [0.29, 0.717) is 25.7 Å². The molecule has 0 unspecified atom stereocenters. The van der Waals surface area contributed by atoms with Gasteiger partial charge in [-0.05, 0) is 86.8 Å². The van der Waals surface area contributed by atoms with Gasteiger partial charge in [-0.2, -0.15) is 0 Å². The molecule has 1 heterocycles. The molecule has 7 rings (SSSR count). The first-order valence-electron chi connectivity index (χ1n) is 13.7. The van der Waals surface area contributed by atoms with Crippen molar-refractivity contribution in [2.75, 3.05) is 39.3 Å². The molecule has 7 heteroatoms. The fraction of sp³-hybridized carbons (Fsp3) is 0.714. The van der Waals surface area contributed by atoms with Crippen LogP contribution in [0.4, 0.5) is 0 Å². The maximum atomic E-state index is 14.0. The number of nitrogens with zero attached hydrogens (tertiary/aromatic N) is 3. The lowest BCUT2D eigenvalue weighted by atomic mass is 9.52. The average molecular weight is 499 g/mol. The predicted molar refractivity (Wildman–Crippen MR) is 137 cm³/mol.